The van der Waals surface area contributed by atoms with Crippen LogP contribution in [0.3, 0.4) is 0 Å². The van der Waals surface area contributed by atoms with E-state index in [1.807, 2.05) is 18.2 Å². The molecule has 1 saturated heterocycles. The Morgan fingerprint density at radius 3 is 2.33 bits per heavy atom. The number of anilines is 1. The molecule has 0 radical (unpaired) electrons. The zero-order valence-corrected chi connectivity index (χ0v) is 11.9. The first-order chi connectivity index (χ1) is 10.1. The first-order valence-electron chi connectivity index (χ1n) is 7.14. The molecule has 0 saturated carbocycles. The number of rotatable bonds is 5. The van der Waals surface area contributed by atoms with Gasteiger partial charge in [0.15, 0.2) is 0 Å². The number of piperazine rings is 1. The number of nitrogens with zero attached hydrogens (tertiary/aromatic N) is 2. The molecule has 0 unspecified atom stereocenters. The molecule has 1 amide bonds. The topological polar surface area (TPSA) is 86.9 Å². The maximum absolute atomic E-state index is 12.0. The summed E-state index contributed by atoms with van der Waals surface area (Å²) in [6.07, 6.45) is 0.381. The Labute approximate surface area is 124 Å². The fourth-order valence-electron chi connectivity index (χ4n) is 2.41. The van der Waals surface area contributed by atoms with Crippen molar-refractivity contribution < 1.29 is 14.7 Å². The second kappa shape index (κ2) is 7.08. The van der Waals surface area contributed by atoms with Crippen molar-refractivity contribution in [2.24, 2.45) is 5.73 Å². The molecule has 6 nitrogen and oxygen atoms in total. The summed E-state index contributed by atoms with van der Waals surface area (Å²) in [6.45, 7) is 2.91. The minimum atomic E-state index is -1.06. The van der Waals surface area contributed by atoms with Crippen molar-refractivity contribution in [2.75, 3.05) is 31.1 Å². The number of amides is 1. The van der Waals surface area contributed by atoms with Crippen molar-refractivity contribution in [3.05, 3.63) is 30.3 Å². The van der Waals surface area contributed by atoms with E-state index in [2.05, 4.69) is 17.0 Å². The quantitative estimate of drug-likeness (QED) is 0.826. The van der Waals surface area contributed by atoms with Gasteiger partial charge in [0.25, 0.3) is 0 Å². The van der Waals surface area contributed by atoms with Crippen LogP contribution in [0.1, 0.15) is 12.8 Å². The second-order valence-electron chi connectivity index (χ2n) is 5.19. The largest absolute Gasteiger partial charge is 0.480 e. The fraction of sp³-hybridized carbons (Fsp3) is 0.467. The molecule has 2 rings (SSSR count). The number of hydrogen-bond acceptors (Lipinski definition) is 4. The lowest BCUT2D eigenvalue weighted by atomic mass is 10.1. The summed E-state index contributed by atoms with van der Waals surface area (Å²) in [7, 11) is 0. The van der Waals surface area contributed by atoms with Crippen LogP contribution in [0.4, 0.5) is 5.69 Å². The van der Waals surface area contributed by atoms with E-state index in [0.29, 0.717) is 13.1 Å². The summed E-state index contributed by atoms with van der Waals surface area (Å²) in [5.41, 5.74) is 6.58. The molecule has 21 heavy (non-hydrogen) atoms. The Balaban J connectivity index is 1.78. The van der Waals surface area contributed by atoms with Crippen LogP contribution in [0.25, 0.3) is 0 Å². The van der Waals surface area contributed by atoms with Crippen LogP contribution in [0.2, 0.25) is 0 Å². The van der Waals surface area contributed by atoms with Gasteiger partial charge < -0.3 is 20.6 Å². The third-order valence-corrected chi connectivity index (χ3v) is 3.74. The highest BCUT2D eigenvalue weighted by Gasteiger charge is 2.22. The van der Waals surface area contributed by atoms with Gasteiger partial charge in [-0.3, -0.25) is 9.59 Å². The number of nitrogens with two attached hydrogens (primary N) is 1. The Morgan fingerprint density at radius 1 is 1.14 bits per heavy atom. The van der Waals surface area contributed by atoms with Gasteiger partial charge in [-0.25, -0.2) is 0 Å². The highest BCUT2D eigenvalue weighted by Crippen LogP contribution is 2.16. The standard InChI is InChI=1S/C15H21N3O3/c16-13(15(20)21)6-7-14(19)18-10-8-17(9-11-18)12-4-2-1-3-5-12/h1-5,13H,6-11,16H2,(H,20,21)/t13-/m0/s1. The van der Waals surface area contributed by atoms with E-state index in [0.717, 1.165) is 18.8 Å². The molecule has 1 fully saturated rings. The summed E-state index contributed by atoms with van der Waals surface area (Å²) >= 11 is 0. The van der Waals surface area contributed by atoms with E-state index in [4.69, 9.17) is 10.8 Å². The molecule has 1 aromatic rings. The molecule has 1 aliphatic heterocycles. The number of carbonyl (C=O) groups excluding carboxylic acids is 1. The zero-order valence-electron chi connectivity index (χ0n) is 11.9. The van der Waals surface area contributed by atoms with Crippen LogP contribution in [-0.4, -0.2) is 54.1 Å². The average Bonchev–Trinajstić information content (AvgIpc) is 2.53. The molecule has 1 aromatic carbocycles. The fourth-order valence-corrected chi connectivity index (χ4v) is 2.41. The minimum Gasteiger partial charge on any atom is -0.480 e. The van der Waals surface area contributed by atoms with E-state index in [-0.39, 0.29) is 18.7 Å². The van der Waals surface area contributed by atoms with Crippen LogP contribution >= 0.6 is 0 Å². The molecule has 6 heteroatoms. The first kappa shape index (κ1) is 15.3. The number of carboxylic acid groups (broad SMARTS) is 1. The number of benzene rings is 1. The number of carboxylic acids is 1. The highest BCUT2D eigenvalue weighted by molar-refractivity contribution is 5.78. The van der Waals surface area contributed by atoms with Crippen molar-refractivity contribution in [3.63, 3.8) is 0 Å². The van der Waals surface area contributed by atoms with Gasteiger partial charge in [-0.1, -0.05) is 18.2 Å². The summed E-state index contributed by atoms with van der Waals surface area (Å²) in [4.78, 5) is 26.7. The maximum atomic E-state index is 12.0. The molecule has 1 heterocycles. The van der Waals surface area contributed by atoms with Gasteiger partial charge in [0.1, 0.15) is 6.04 Å². The van der Waals surface area contributed by atoms with Gasteiger partial charge in [0.2, 0.25) is 5.91 Å². The van der Waals surface area contributed by atoms with Gasteiger partial charge in [0, 0.05) is 38.3 Å². The Kier molecular flexibility index (Phi) is 5.16. The smallest absolute Gasteiger partial charge is 0.320 e. The molecule has 0 aromatic heterocycles. The average molecular weight is 291 g/mol. The van der Waals surface area contributed by atoms with Gasteiger partial charge in [-0.05, 0) is 18.6 Å². The Hall–Kier alpha value is -2.08. The van der Waals surface area contributed by atoms with E-state index < -0.39 is 12.0 Å². The molecule has 0 bridgehead atoms. The van der Waals surface area contributed by atoms with Crippen LogP contribution in [0.5, 0.6) is 0 Å². The van der Waals surface area contributed by atoms with E-state index >= 15 is 0 Å². The highest BCUT2D eigenvalue weighted by atomic mass is 16.4. The summed E-state index contributed by atoms with van der Waals surface area (Å²) < 4.78 is 0. The van der Waals surface area contributed by atoms with E-state index in [1.54, 1.807) is 4.90 Å². The van der Waals surface area contributed by atoms with Crippen LogP contribution < -0.4 is 10.6 Å². The normalized spacial score (nSPS) is 16.6. The monoisotopic (exact) mass is 291 g/mol. The van der Waals surface area contributed by atoms with Gasteiger partial charge in [-0.2, -0.15) is 0 Å². The molecule has 1 atom stereocenters. The molecule has 0 spiro atoms. The zero-order chi connectivity index (χ0) is 15.2. The summed E-state index contributed by atoms with van der Waals surface area (Å²) in [6, 6.07) is 9.14. The predicted molar refractivity (Wildman–Crippen MR) is 80.1 cm³/mol. The first-order valence-corrected chi connectivity index (χ1v) is 7.14. The SMILES string of the molecule is N[C@@H](CCC(=O)N1CCN(c2ccccc2)CC1)C(=O)O. The lowest BCUT2D eigenvalue weighted by Gasteiger charge is -2.36. The number of aliphatic carboxylic acids is 1. The molecule has 3 N–H and O–H groups in total. The van der Waals surface area contributed by atoms with Crippen molar-refractivity contribution in [2.45, 2.75) is 18.9 Å². The second-order valence-corrected chi connectivity index (χ2v) is 5.19. The van der Waals surface area contributed by atoms with Crippen LogP contribution in [0, 0.1) is 0 Å². The van der Waals surface area contributed by atoms with Crippen molar-refractivity contribution in [1.82, 2.24) is 4.90 Å². The van der Waals surface area contributed by atoms with Gasteiger partial charge >= 0.3 is 5.97 Å². The van der Waals surface area contributed by atoms with Gasteiger partial charge in [0.05, 0.1) is 0 Å². The lowest BCUT2D eigenvalue weighted by Crippen LogP contribution is -2.49. The van der Waals surface area contributed by atoms with Crippen LogP contribution in [0.15, 0.2) is 30.3 Å². The number of para-hydroxylation sites is 1. The van der Waals surface area contributed by atoms with Crippen molar-refractivity contribution in [3.8, 4) is 0 Å². The van der Waals surface area contributed by atoms with E-state index in [1.165, 1.54) is 0 Å². The van der Waals surface area contributed by atoms with Crippen molar-refractivity contribution >= 4 is 17.6 Å². The van der Waals surface area contributed by atoms with Crippen molar-refractivity contribution in [1.29, 1.82) is 0 Å². The molecule has 0 aliphatic carbocycles. The predicted octanol–water partition coefficient (Wildman–Crippen LogP) is 0.527. The number of carbonyl (C=O) groups is 2. The van der Waals surface area contributed by atoms with E-state index in [9.17, 15) is 9.59 Å². The third kappa shape index (κ3) is 4.19. The third-order valence-electron chi connectivity index (χ3n) is 3.74. The lowest BCUT2D eigenvalue weighted by molar-refractivity contribution is -0.139. The number of hydrogen-bond donors (Lipinski definition) is 2. The maximum Gasteiger partial charge on any atom is 0.320 e. The summed E-state index contributed by atoms with van der Waals surface area (Å²) in [5, 5.41) is 8.71. The molecule has 1 aliphatic rings. The van der Waals surface area contributed by atoms with Crippen LogP contribution in [-0.2, 0) is 9.59 Å². The molecule has 114 valence electrons. The van der Waals surface area contributed by atoms with Gasteiger partial charge in [-0.15, -0.1) is 0 Å². The Morgan fingerprint density at radius 2 is 1.76 bits per heavy atom. The Bertz CT molecular complexity index is 484. The molecular weight excluding hydrogens is 270 g/mol. The molecular formula is C15H21N3O3. The minimum absolute atomic E-state index is 0.0144. The summed E-state index contributed by atoms with van der Waals surface area (Å²) in [5.74, 6) is -1.07.